The Morgan fingerprint density at radius 1 is 1.77 bits per heavy atom. The Hall–Kier alpha value is -1.27. The molecule has 72 valence electrons. The molecule has 0 aromatic heterocycles. The van der Waals surface area contributed by atoms with Gasteiger partial charge in [-0.05, 0) is 19.8 Å². The van der Waals surface area contributed by atoms with Gasteiger partial charge in [0.2, 0.25) is 0 Å². The molecule has 3 nitrogen and oxygen atoms in total. The Kier molecular flexibility index (Phi) is 6.66. The Morgan fingerprint density at radius 3 is 3.00 bits per heavy atom. The van der Waals surface area contributed by atoms with Crippen LogP contribution in [0.15, 0.2) is 12.7 Å². The number of carbonyl (C=O) groups is 1. The van der Waals surface area contributed by atoms with Gasteiger partial charge in [0.1, 0.15) is 6.10 Å². The molecule has 0 fully saturated rings. The van der Waals surface area contributed by atoms with Gasteiger partial charge in [0.25, 0.3) is 0 Å². The summed E-state index contributed by atoms with van der Waals surface area (Å²) in [5.41, 5.74) is 0. The second kappa shape index (κ2) is 7.38. The van der Waals surface area contributed by atoms with Crippen molar-refractivity contribution < 1.29 is 14.6 Å². The Bertz CT molecular complexity index is 222. The molecule has 0 bridgehead atoms. The third kappa shape index (κ3) is 7.10. The van der Waals surface area contributed by atoms with Gasteiger partial charge < -0.3 is 9.84 Å². The number of rotatable bonds is 4. The summed E-state index contributed by atoms with van der Waals surface area (Å²) in [6.07, 6.45) is 2.09. The summed E-state index contributed by atoms with van der Waals surface area (Å²) in [5, 5.41) is 9.17. The molecule has 0 heterocycles. The fourth-order valence-electron chi connectivity index (χ4n) is 0.657. The first-order valence-corrected chi connectivity index (χ1v) is 4.18. The van der Waals surface area contributed by atoms with Crippen molar-refractivity contribution in [1.29, 1.82) is 0 Å². The van der Waals surface area contributed by atoms with Gasteiger partial charge in [0.15, 0.2) is 0 Å². The second-order valence-corrected chi connectivity index (χ2v) is 2.37. The van der Waals surface area contributed by atoms with E-state index in [0.717, 1.165) is 0 Å². The highest BCUT2D eigenvalue weighted by atomic mass is 16.5. The number of aliphatic hydroxyl groups excluding tert-OH is 1. The molecule has 0 aliphatic carbocycles. The molecule has 1 atom stereocenters. The van der Waals surface area contributed by atoms with Crippen molar-refractivity contribution in [3.05, 3.63) is 12.7 Å². The van der Waals surface area contributed by atoms with Crippen LogP contribution in [-0.4, -0.2) is 23.8 Å². The van der Waals surface area contributed by atoms with Crippen molar-refractivity contribution >= 4 is 5.97 Å². The maximum atomic E-state index is 10.7. The van der Waals surface area contributed by atoms with E-state index in [-0.39, 0.29) is 0 Å². The van der Waals surface area contributed by atoms with Gasteiger partial charge in [-0.1, -0.05) is 12.0 Å². The van der Waals surface area contributed by atoms with E-state index in [1.807, 2.05) is 0 Å². The third-order valence-corrected chi connectivity index (χ3v) is 1.26. The van der Waals surface area contributed by atoms with Crippen molar-refractivity contribution in [3.63, 3.8) is 0 Å². The van der Waals surface area contributed by atoms with E-state index < -0.39 is 12.1 Å². The van der Waals surface area contributed by atoms with Gasteiger partial charge in [0, 0.05) is 5.92 Å². The fraction of sp³-hybridized carbons (Fsp3) is 0.500. The molecule has 0 rings (SSSR count). The van der Waals surface area contributed by atoms with E-state index in [2.05, 4.69) is 23.2 Å². The first kappa shape index (κ1) is 11.7. The van der Waals surface area contributed by atoms with Crippen molar-refractivity contribution in [2.75, 3.05) is 6.61 Å². The monoisotopic (exact) mass is 182 g/mol. The van der Waals surface area contributed by atoms with Crippen LogP contribution >= 0.6 is 0 Å². The van der Waals surface area contributed by atoms with E-state index in [4.69, 9.17) is 5.11 Å². The van der Waals surface area contributed by atoms with Crippen molar-refractivity contribution in [3.8, 4) is 11.8 Å². The normalized spacial score (nSPS) is 10.9. The Labute approximate surface area is 78.4 Å². The molecule has 0 amide bonds. The van der Waals surface area contributed by atoms with Crippen LogP contribution < -0.4 is 0 Å². The number of ether oxygens (including phenoxy) is 1. The second-order valence-electron chi connectivity index (χ2n) is 2.37. The quantitative estimate of drug-likeness (QED) is 0.304. The summed E-state index contributed by atoms with van der Waals surface area (Å²) in [7, 11) is 0. The molecule has 0 unspecified atom stereocenters. The number of hydrogen-bond donors (Lipinski definition) is 1. The standard InChI is InChI=1S/C10H14O3/c1-3-5-6-9(11)7-8-10(12)13-4-2/h3,9,11H,1,4-6H2,2H3/t9-/m0/s1. The zero-order valence-electron chi connectivity index (χ0n) is 7.75. The lowest BCUT2D eigenvalue weighted by Gasteiger charge is -1.98. The fourth-order valence-corrected chi connectivity index (χ4v) is 0.657. The van der Waals surface area contributed by atoms with Gasteiger partial charge in [0.05, 0.1) is 6.61 Å². The SMILES string of the molecule is C=CCC[C@H](O)C#CC(=O)OCC. The molecule has 0 aromatic carbocycles. The Morgan fingerprint density at radius 2 is 2.46 bits per heavy atom. The molecule has 0 spiro atoms. The molecule has 0 aliphatic heterocycles. The van der Waals surface area contributed by atoms with E-state index >= 15 is 0 Å². The number of aliphatic hydroxyl groups is 1. The first-order valence-electron chi connectivity index (χ1n) is 4.18. The molecular formula is C10H14O3. The maximum Gasteiger partial charge on any atom is 0.384 e. The summed E-state index contributed by atoms with van der Waals surface area (Å²) < 4.78 is 4.55. The summed E-state index contributed by atoms with van der Waals surface area (Å²) in [4.78, 5) is 10.7. The van der Waals surface area contributed by atoms with Crippen LogP contribution in [0, 0.1) is 11.8 Å². The van der Waals surface area contributed by atoms with Crippen LogP contribution in [0.3, 0.4) is 0 Å². The average molecular weight is 182 g/mol. The van der Waals surface area contributed by atoms with Crippen molar-refractivity contribution in [2.45, 2.75) is 25.9 Å². The van der Waals surface area contributed by atoms with Crippen LogP contribution in [0.2, 0.25) is 0 Å². The minimum absolute atomic E-state index is 0.302. The van der Waals surface area contributed by atoms with Gasteiger partial charge in [-0.25, -0.2) is 4.79 Å². The van der Waals surface area contributed by atoms with Crippen molar-refractivity contribution in [1.82, 2.24) is 0 Å². The topological polar surface area (TPSA) is 46.5 Å². The summed E-state index contributed by atoms with van der Waals surface area (Å²) in [5.74, 6) is 3.98. The molecule has 0 saturated heterocycles. The summed E-state index contributed by atoms with van der Waals surface area (Å²) in [6.45, 7) is 5.51. The molecule has 0 aliphatic rings. The Balaban J connectivity index is 3.79. The van der Waals surface area contributed by atoms with Gasteiger partial charge in [-0.3, -0.25) is 0 Å². The summed E-state index contributed by atoms with van der Waals surface area (Å²) >= 11 is 0. The summed E-state index contributed by atoms with van der Waals surface area (Å²) in [6, 6.07) is 0. The van der Waals surface area contributed by atoms with Crippen molar-refractivity contribution in [2.24, 2.45) is 0 Å². The number of carbonyl (C=O) groups excluding carboxylic acids is 1. The zero-order chi connectivity index (χ0) is 10.1. The van der Waals surface area contributed by atoms with Crippen LogP contribution in [0.1, 0.15) is 19.8 Å². The lowest BCUT2D eigenvalue weighted by atomic mass is 10.2. The minimum atomic E-state index is -0.776. The molecule has 1 N–H and O–H groups in total. The average Bonchev–Trinajstić information content (AvgIpc) is 2.12. The molecule has 13 heavy (non-hydrogen) atoms. The van der Waals surface area contributed by atoms with Crippen LogP contribution in [0.5, 0.6) is 0 Å². The first-order chi connectivity index (χ1) is 6.20. The highest BCUT2D eigenvalue weighted by molar-refractivity contribution is 5.88. The van der Waals surface area contributed by atoms with Crippen LogP contribution in [-0.2, 0) is 9.53 Å². The zero-order valence-corrected chi connectivity index (χ0v) is 7.75. The molecular weight excluding hydrogens is 168 g/mol. The smallest absolute Gasteiger partial charge is 0.384 e. The third-order valence-electron chi connectivity index (χ3n) is 1.26. The van der Waals surface area contributed by atoms with Gasteiger partial charge in [-0.15, -0.1) is 6.58 Å². The number of hydrogen-bond acceptors (Lipinski definition) is 3. The van der Waals surface area contributed by atoms with E-state index in [1.54, 1.807) is 13.0 Å². The molecule has 3 heteroatoms. The van der Waals surface area contributed by atoms with Gasteiger partial charge in [-0.2, -0.15) is 0 Å². The predicted molar refractivity (Wildman–Crippen MR) is 49.8 cm³/mol. The lowest BCUT2D eigenvalue weighted by molar-refractivity contribution is -0.136. The van der Waals surface area contributed by atoms with E-state index in [1.165, 1.54) is 0 Å². The largest absolute Gasteiger partial charge is 0.456 e. The highest BCUT2D eigenvalue weighted by Crippen LogP contribution is 1.95. The number of esters is 1. The molecule has 0 saturated carbocycles. The van der Waals surface area contributed by atoms with Gasteiger partial charge >= 0.3 is 5.97 Å². The maximum absolute atomic E-state index is 10.7. The predicted octanol–water partition coefficient (Wildman–Crippen LogP) is 0.880. The highest BCUT2D eigenvalue weighted by Gasteiger charge is 1.98. The lowest BCUT2D eigenvalue weighted by Crippen LogP contribution is -2.05. The van der Waals surface area contributed by atoms with Crippen LogP contribution in [0.4, 0.5) is 0 Å². The van der Waals surface area contributed by atoms with E-state index in [9.17, 15) is 4.79 Å². The van der Waals surface area contributed by atoms with E-state index in [0.29, 0.717) is 19.4 Å². The number of allylic oxidation sites excluding steroid dienone is 1. The minimum Gasteiger partial charge on any atom is -0.456 e. The molecule has 0 radical (unpaired) electrons. The van der Waals surface area contributed by atoms with Crippen LogP contribution in [0.25, 0.3) is 0 Å². The molecule has 0 aromatic rings.